The first-order chi connectivity index (χ1) is 9.91. The third-order valence-corrected chi connectivity index (χ3v) is 3.83. The van der Waals surface area contributed by atoms with Crippen LogP contribution in [0.4, 0.5) is 14.5 Å². The van der Waals surface area contributed by atoms with Gasteiger partial charge in [-0.3, -0.25) is 4.79 Å². The summed E-state index contributed by atoms with van der Waals surface area (Å²) < 4.78 is 28.1. The highest BCUT2D eigenvalue weighted by molar-refractivity contribution is 7.80. The summed E-state index contributed by atoms with van der Waals surface area (Å²) in [4.78, 5) is 14.7. The Kier molecular flexibility index (Phi) is 4.72. The number of hydrogen-bond donors (Lipinski definition) is 1. The molecule has 1 aliphatic heterocycles. The van der Waals surface area contributed by atoms with E-state index in [-0.39, 0.29) is 22.1 Å². The number of amides is 1. The van der Waals surface area contributed by atoms with E-state index < -0.39 is 11.6 Å². The summed E-state index contributed by atoms with van der Waals surface area (Å²) in [7, 11) is 0. The Morgan fingerprint density at radius 3 is 2.52 bits per heavy atom. The minimum Gasteiger partial charge on any atom is -0.389 e. The second-order valence-corrected chi connectivity index (χ2v) is 5.41. The van der Waals surface area contributed by atoms with Crippen molar-refractivity contribution in [3.8, 4) is 0 Å². The van der Waals surface area contributed by atoms with Crippen molar-refractivity contribution < 1.29 is 13.6 Å². The van der Waals surface area contributed by atoms with Crippen LogP contribution in [0.25, 0.3) is 0 Å². The molecule has 1 amide bonds. The van der Waals surface area contributed by atoms with Crippen LogP contribution in [0.15, 0.2) is 12.1 Å². The zero-order valence-corrected chi connectivity index (χ0v) is 12.6. The van der Waals surface area contributed by atoms with Gasteiger partial charge in [0.15, 0.2) is 11.6 Å². The van der Waals surface area contributed by atoms with E-state index in [1.54, 1.807) is 9.80 Å². The van der Waals surface area contributed by atoms with Crippen molar-refractivity contribution in [2.24, 2.45) is 5.73 Å². The van der Waals surface area contributed by atoms with Crippen LogP contribution in [0.2, 0.25) is 0 Å². The van der Waals surface area contributed by atoms with Crippen LogP contribution in [0.3, 0.4) is 0 Å². The zero-order valence-electron chi connectivity index (χ0n) is 11.7. The summed E-state index contributed by atoms with van der Waals surface area (Å²) in [5.41, 5.74) is 5.44. The Morgan fingerprint density at radius 1 is 1.19 bits per heavy atom. The number of nitrogens with two attached hydrogens (primary N) is 1. The van der Waals surface area contributed by atoms with Crippen LogP contribution in [0.5, 0.6) is 0 Å². The van der Waals surface area contributed by atoms with Crippen LogP contribution in [-0.2, 0) is 4.79 Å². The number of thiocarbonyl (C=S) groups is 1. The molecule has 1 aliphatic rings. The minimum atomic E-state index is -1.02. The molecule has 1 heterocycles. The first-order valence-electron chi connectivity index (χ1n) is 6.70. The number of nitrogens with zero attached hydrogens (tertiary/aromatic N) is 2. The van der Waals surface area contributed by atoms with Gasteiger partial charge in [-0.25, -0.2) is 8.78 Å². The lowest BCUT2D eigenvalue weighted by Gasteiger charge is -2.24. The minimum absolute atomic E-state index is 0.00710. The molecule has 0 atom stereocenters. The summed E-state index contributed by atoms with van der Waals surface area (Å²) >= 11 is 4.69. The number of carbonyl (C=O) groups is 1. The Balaban J connectivity index is 2.24. The van der Waals surface area contributed by atoms with Crippen molar-refractivity contribution in [1.82, 2.24) is 4.90 Å². The van der Waals surface area contributed by atoms with Gasteiger partial charge < -0.3 is 15.5 Å². The van der Waals surface area contributed by atoms with E-state index in [4.69, 9.17) is 5.73 Å². The van der Waals surface area contributed by atoms with E-state index in [1.165, 1.54) is 19.1 Å². The molecule has 0 radical (unpaired) electrons. The largest absolute Gasteiger partial charge is 0.389 e. The fourth-order valence-corrected chi connectivity index (χ4v) is 2.60. The maximum atomic E-state index is 14.2. The molecule has 21 heavy (non-hydrogen) atoms. The molecule has 1 aromatic rings. The van der Waals surface area contributed by atoms with Gasteiger partial charge in [-0.1, -0.05) is 12.2 Å². The topological polar surface area (TPSA) is 49.6 Å². The quantitative estimate of drug-likeness (QED) is 0.844. The third-order valence-electron chi connectivity index (χ3n) is 3.61. The molecular weight excluding hydrogens is 296 g/mol. The molecule has 1 aromatic carbocycles. The van der Waals surface area contributed by atoms with Crippen molar-refractivity contribution in [3.63, 3.8) is 0 Å². The molecule has 2 N–H and O–H groups in total. The number of benzene rings is 1. The van der Waals surface area contributed by atoms with Crippen LogP contribution in [0.1, 0.15) is 18.9 Å². The molecular formula is C14H17F2N3OS. The van der Waals surface area contributed by atoms with E-state index in [0.29, 0.717) is 32.6 Å². The van der Waals surface area contributed by atoms with Crippen LogP contribution < -0.4 is 10.6 Å². The lowest BCUT2D eigenvalue weighted by molar-refractivity contribution is -0.128. The van der Waals surface area contributed by atoms with Gasteiger partial charge >= 0.3 is 0 Å². The van der Waals surface area contributed by atoms with E-state index >= 15 is 0 Å². The number of halogens is 2. The first kappa shape index (κ1) is 15.6. The normalized spacial score (nSPS) is 15.8. The fourth-order valence-electron chi connectivity index (χ4n) is 2.45. The van der Waals surface area contributed by atoms with Crippen LogP contribution in [0, 0.1) is 11.6 Å². The molecule has 7 heteroatoms. The van der Waals surface area contributed by atoms with Crippen LogP contribution >= 0.6 is 12.2 Å². The molecule has 4 nitrogen and oxygen atoms in total. The van der Waals surface area contributed by atoms with Crippen molar-refractivity contribution >= 4 is 28.8 Å². The predicted octanol–water partition coefficient (Wildman–Crippen LogP) is 1.66. The summed E-state index contributed by atoms with van der Waals surface area (Å²) in [6.07, 6.45) is 0.706. The van der Waals surface area contributed by atoms with E-state index in [2.05, 4.69) is 12.2 Å². The van der Waals surface area contributed by atoms with Crippen molar-refractivity contribution in [1.29, 1.82) is 0 Å². The summed E-state index contributed by atoms with van der Waals surface area (Å²) in [6, 6.07) is 2.88. The number of carbonyl (C=O) groups excluding carboxylic acids is 1. The molecule has 1 fully saturated rings. The van der Waals surface area contributed by atoms with Gasteiger partial charge in [0.25, 0.3) is 0 Å². The second kappa shape index (κ2) is 6.34. The molecule has 0 unspecified atom stereocenters. The highest BCUT2D eigenvalue weighted by atomic mass is 32.1. The molecule has 2 rings (SSSR count). The van der Waals surface area contributed by atoms with E-state index in [0.717, 1.165) is 0 Å². The van der Waals surface area contributed by atoms with Gasteiger partial charge in [0.2, 0.25) is 5.91 Å². The van der Waals surface area contributed by atoms with Gasteiger partial charge in [-0.05, 0) is 18.6 Å². The highest BCUT2D eigenvalue weighted by Crippen LogP contribution is 2.25. The summed E-state index contributed by atoms with van der Waals surface area (Å²) in [5, 5.41) is 0. The molecule has 0 bridgehead atoms. The van der Waals surface area contributed by atoms with Crippen molar-refractivity contribution in [2.45, 2.75) is 13.3 Å². The summed E-state index contributed by atoms with van der Waals surface area (Å²) in [5.74, 6) is -1.98. The Hall–Kier alpha value is -1.76. The lowest BCUT2D eigenvalue weighted by atomic mass is 10.1. The Labute approximate surface area is 127 Å². The smallest absolute Gasteiger partial charge is 0.219 e. The highest BCUT2D eigenvalue weighted by Gasteiger charge is 2.22. The predicted molar refractivity (Wildman–Crippen MR) is 81.3 cm³/mol. The zero-order chi connectivity index (χ0) is 15.6. The average Bonchev–Trinajstić information content (AvgIpc) is 2.67. The maximum Gasteiger partial charge on any atom is 0.219 e. The van der Waals surface area contributed by atoms with Gasteiger partial charge in [0, 0.05) is 38.7 Å². The van der Waals surface area contributed by atoms with Gasteiger partial charge in [0.1, 0.15) is 4.99 Å². The van der Waals surface area contributed by atoms with Crippen molar-refractivity contribution in [3.05, 3.63) is 29.3 Å². The molecule has 114 valence electrons. The fraction of sp³-hybridized carbons (Fsp3) is 0.429. The molecule has 0 saturated carbocycles. The van der Waals surface area contributed by atoms with Gasteiger partial charge in [-0.15, -0.1) is 0 Å². The standard InChI is InChI=1S/C14H17F2N3OS/c1-9(20)18-5-2-6-19(8-7-18)11-4-3-10(14(17)21)12(15)13(11)16/h3-4H,2,5-8H2,1H3,(H2,17,21). The lowest BCUT2D eigenvalue weighted by Crippen LogP contribution is -2.34. The third kappa shape index (κ3) is 3.29. The average molecular weight is 313 g/mol. The Bertz CT molecular complexity index is 580. The SMILES string of the molecule is CC(=O)N1CCCN(c2ccc(C(N)=S)c(F)c2F)CC1. The second-order valence-electron chi connectivity index (χ2n) is 4.97. The maximum absolute atomic E-state index is 14.2. The monoisotopic (exact) mass is 313 g/mol. The van der Waals surface area contributed by atoms with E-state index in [9.17, 15) is 13.6 Å². The van der Waals surface area contributed by atoms with E-state index in [1.807, 2.05) is 0 Å². The number of hydrogen-bond acceptors (Lipinski definition) is 3. The van der Waals surface area contributed by atoms with Gasteiger partial charge in [0.05, 0.1) is 5.69 Å². The van der Waals surface area contributed by atoms with Gasteiger partial charge in [-0.2, -0.15) is 0 Å². The molecule has 0 aliphatic carbocycles. The molecule has 0 spiro atoms. The first-order valence-corrected chi connectivity index (χ1v) is 7.11. The van der Waals surface area contributed by atoms with Crippen molar-refractivity contribution in [2.75, 3.05) is 31.1 Å². The Morgan fingerprint density at radius 2 is 1.90 bits per heavy atom. The molecule has 0 aromatic heterocycles. The number of rotatable bonds is 2. The number of anilines is 1. The molecule has 1 saturated heterocycles. The summed E-state index contributed by atoms with van der Waals surface area (Å²) in [6.45, 7) is 3.65. The van der Waals surface area contributed by atoms with Crippen LogP contribution in [-0.4, -0.2) is 42.0 Å².